The number of hydrogen-bond acceptors (Lipinski definition) is 4. The van der Waals surface area contributed by atoms with E-state index in [1.165, 1.54) is 5.56 Å². The van der Waals surface area contributed by atoms with Crippen LogP contribution in [0.4, 0.5) is 0 Å². The van der Waals surface area contributed by atoms with Crippen molar-refractivity contribution in [3.05, 3.63) is 64.7 Å². The Balaban J connectivity index is 0.00000256. The van der Waals surface area contributed by atoms with Crippen LogP contribution in [0, 0.1) is 11.3 Å². The molecule has 162 valence electrons. The second kappa shape index (κ2) is 9.51. The molecule has 2 aromatic rings. The predicted molar refractivity (Wildman–Crippen MR) is 121 cm³/mol. The van der Waals surface area contributed by atoms with Gasteiger partial charge in [0.05, 0.1) is 13.7 Å². The van der Waals surface area contributed by atoms with Gasteiger partial charge in [0.2, 0.25) is 0 Å². The van der Waals surface area contributed by atoms with Crippen LogP contribution >= 0.6 is 12.4 Å². The molecule has 1 saturated heterocycles. The number of Topliss-reactive ketones (excluding diaryl/α,β-unsaturated/α-hetero) is 1. The van der Waals surface area contributed by atoms with Crippen LogP contribution in [0.2, 0.25) is 0 Å². The largest absolute Gasteiger partial charge is 0.496 e. The molecule has 30 heavy (non-hydrogen) atoms. The normalized spacial score (nSPS) is 21.9. The van der Waals surface area contributed by atoms with Gasteiger partial charge in [0, 0.05) is 23.1 Å². The average Bonchev–Trinajstić information content (AvgIpc) is 2.98. The monoisotopic (exact) mass is 429 g/mol. The van der Waals surface area contributed by atoms with E-state index >= 15 is 0 Å². The van der Waals surface area contributed by atoms with Gasteiger partial charge in [0.1, 0.15) is 5.75 Å². The number of methoxy groups -OCH3 is 1. The maximum Gasteiger partial charge on any atom is 0.169 e. The molecule has 1 aliphatic heterocycles. The highest BCUT2D eigenvalue weighted by Gasteiger charge is 2.43. The number of fused-ring (bicyclic) bond motifs is 1. The molecular formula is C25H32ClNO3. The fraction of sp³-hybridized carbons (Fsp3) is 0.480. The number of nitrogens with zero attached hydrogens (tertiary/aromatic N) is 1. The van der Waals surface area contributed by atoms with Crippen molar-refractivity contribution in [1.82, 2.24) is 4.90 Å². The lowest BCUT2D eigenvalue weighted by Crippen LogP contribution is -2.36. The highest BCUT2D eigenvalue weighted by molar-refractivity contribution is 6.05. The Morgan fingerprint density at radius 2 is 1.87 bits per heavy atom. The number of likely N-dealkylation sites (tertiary alicyclic amines) is 1. The predicted octanol–water partition coefficient (Wildman–Crippen LogP) is 4.66. The Hall–Kier alpha value is -1.88. The number of carbonyl (C=O) groups excluding carboxylic acids is 1. The molecule has 1 aliphatic carbocycles. The summed E-state index contributed by atoms with van der Waals surface area (Å²) in [5.41, 5.74) is 3.56. The summed E-state index contributed by atoms with van der Waals surface area (Å²) in [4.78, 5) is 15.8. The van der Waals surface area contributed by atoms with E-state index in [1.807, 2.05) is 12.1 Å². The Morgan fingerprint density at radius 3 is 2.50 bits per heavy atom. The maximum atomic E-state index is 13.2. The fourth-order valence-electron chi connectivity index (χ4n) is 5.16. The molecule has 0 amide bonds. The van der Waals surface area contributed by atoms with Crippen molar-refractivity contribution in [3.63, 3.8) is 0 Å². The number of halogens is 1. The molecule has 0 bridgehead atoms. The molecular weight excluding hydrogens is 398 g/mol. The Kier molecular flexibility index (Phi) is 7.22. The molecule has 0 aromatic heterocycles. The second-order valence-corrected chi connectivity index (χ2v) is 8.96. The number of rotatable bonds is 6. The molecule has 4 rings (SSSR count). The van der Waals surface area contributed by atoms with E-state index in [1.54, 1.807) is 7.11 Å². The van der Waals surface area contributed by atoms with Crippen molar-refractivity contribution in [2.24, 2.45) is 11.3 Å². The summed E-state index contributed by atoms with van der Waals surface area (Å²) in [6, 6.07) is 14.4. The lowest BCUT2D eigenvalue weighted by molar-refractivity contribution is 0.0758. The van der Waals surface area contributed by atoms with E-state index < -0.39 is 0 Å². The molecule has 4 nitrogen and oxygen atoms in total. The van der Waals surface area contributed by atoms with Crippen LogP contribution < -0.4 is 4.74 Å². The van der Waals surface area contributed by atoms with Gasteiger partial charge in [-0.3, -0.25) is 9.69 Å². The van der Waals surface area contributed by atoms with Gasteiger partial charge in [0.15, 0.2) is 5.78 Å². The lowest BCUT2D eigenvalue weighted by Gasteiger charge is -2.35. The molecule has 1 fully saturated rings. The summed E-state index contributed by atoms with van der Waals surface area (Å²) in [5, 5.41) is 9.59. The zero-order valence-electron chi connectivity index (χ0n) is 17.9. The van der Waals surface area contributed by atoms with Crippen LogP contribution in [0.1, 0.15) is 53.2 Å². The molecule has 0 saturated carbocycles. The van der Waals surface area contributed by atoms with Crippen LogP contribution in [-0.2, 0) is 19.6 Å². The standard InChI is InChI=1S/C25H31NO3.ClH/c1-25(15-20-13-23(29-2)21(17-27)12-22(20)24(25)28)14-18-8-10-26(11-9-18)16-19-6-4-3-5-7-19;/h3-7,12-13,18,27H,8-11,14-17H2,1-2H3;1H. The number of ketones is 1. The number of hydrogen-bond donors (Lipinski definition) is 1. The number of carbonyl (C=O) groups is 1. The first-order chi connectivity index (χ1) is 14.0. The minimum Gasteiger partial charge on any atom is -0.496 e. The Bertz CT molecular complexity index is 877. The molecule has 5 heteroatoms. The lowest BCUT2D eigenvalue weighted by atomic mass is 9.75. The summed E-state index contributed by atoms with van der Waals surface area (Å²) < 4.78 is 5.40. The first-order valence-corrected chi connectivity index (χ1v) is 10.6. The average molecular weight is 430 g/mol. The van der Waals surface area contributed by atoms with Crippen LogP contribution in [-0.4, -0.2) is 36.0 Å². The van der Waals surface area contributed by atoms with E-state index in [0.29, 0.717) is 17.2 Å². The molecule has 0 spiro atoms. The molecule has 1 unspecified atom stereocenters. The van der Waals surface area contributed by atoms with Gasteiger partial charge in [-0.2, -0.15) is 0 Å². The smallest absolute Gasteiger partial charge is 0.169 e. The summed E-state index contributed by atoms with van der Waals surface area (Å²) in [5.74, 6) is 1.50. The molecule has 1 N–H and O–H groups in total. The van der Waals surface area contributed by atoms with Crippen molar-refractivity contribution in [2.75, 3.05) is 20.2 Å². The molecule has 2 aliphatic rings. The minimum absolute atomic E-state index is 0. The minimum atomic E-state index is -0.340. The van der Waals surface area contributed by atoms with E-state index in [-0.39, 0.29) is 30.2 Å². The Labute approximate surface area is 185 Å². The summed E-state index contributed by atoms with van der Waals surface area (Å²) in [6.45, 7) is 5.22. The zero-order valence-corrected chi connectivity index (χ0v) is 18.7. The topological polar surface area (TPSA) is 49.8 Å². The molecule has 1 atom stereocenters. The molecule has 2 aromatic carbocycles. The van der Waals surface area contributed by atoms with Crippen LogP contribution in [0.25, 0.3) is 0 Å². The molecule has 1 heterocycles. The van der Waals surface area contributed by atoms with E-state index in [9.17, 15) is 9.90 Å². The Morgan fingerprint density at radius 1 is 1.17 bits per heavy atom. The molecule has 0 radical (unpaired) electrons. The van der Waals surface area contributed by atoms with Crippen molar-refractivity contribution in [1.29, 1.82) is 0 Å². The van der Waals surface area contributed by atoms with Crippen LogP contribution in [0.3, 0.4) is 0 Å². The maximum absolute atomic E-state index is 13.2. The third-order valence-electron chi connectivity index (χ3n) is 6.75. The van der Waals surface area contributed by atoms with Crippen molar-refractivity contribution in [2.45, 2.75) is 45.8 Å². The van der Waals surface area contributed by atoms with Gasteiger partial charge in [-0.25, -0.2) is 0 Å². The fourth-order valence-corrected chi connectivity index (χ4v) is 5.16. The highest BCUT2D eigenvalue weighted by Crippen LogP contribution is 2.44. The van der Waals surface area contributed by atoms with E-state index in [4.69, 9.17) is 4.74 Å². The third-order valence-corrected chi connectivity index (χ3v) is 6.75. The first kappa shape index (κ1) is 22.8. The summed E-state index contributed by atoms with van der Waals surface area (Å²) in [6.07, 6.45) is 4.01. The van der Waals surface area contributed by atoms with Crippen LogP contribution in [0.15, 0.2) is 42.5 Å². The van der Waals surface area contributed by atoms with Crippen LogP contribution in [0.5, 0.6) is 5.75 Å². The zero-order chi connectivity index (χ0) is 20.4. The van der Waals surface area contributed by atoms with Gasteiger partial charge in [-0.1, -0.05) is 37.3 Å². The van der Waals surface area contributed by atoms with E-state index in [2.05, 4.69) is 42.2 Å². The second-order valence-electron chi connectivity index (χ2n) is 8.96. The number of benzene rings is 2. The van der Waals surface area contributed by atoms with Gasteiger partial charge in [-0.15, -0.1) is 12.4 Å². The van der Waals surface area contributed by atoms with Crippen molar-refractivity contribution in [3.8, 4) is 5.75 Å². The summed E-state index contributed by atoms with van der Waals surface area (Å²) in [7, 11) is 1.61. The SMILES string of the molecule is COc1cc2c(cc1CO)C(=O)C(C)(CC1CCN(Cc3ccccc3)CC1)C2.Cl. The number of aliphatic hydroxyl groups is 1. The van der Waals surface area contributed by atoms with Crippen molar-refractivity contribution < 1.29 is 14.6 Å². The first-order valence-electron chi connectivity index (χ1n) is 10.6. The van der Waals surface area contributed by atoms with E-state index in [0.717, 1.165) is 56.4 Å². The third kappa shape index (κ3) is 4.56. The highest BCUT2D eigenvalue weighted by atomic mass is 35.5. The van der Waals surface area contributed by atoms with Crippen molar-refractivity contribution >= 4 is 18.2 Å². The van der Waals surface area contributed by atoms with Gasteiger partial charge in [0.25, 0.3) is 0 Å². The van der Waals surface area contributed by atoms with Gasteiger partial charge in [-0.05, 0) is 68.0 Å². The number of piperidine rings is 1. The van der Waals surface area contributed by atoms with Gasteiger partial charge >= 0.3 is 0 Å². The summed E-state index contributed by atoms with van der Waals surface area (Å²) >= 11 is 0. The quantitative estimate of drug-likeness (QED) is 0.725. The van der Waals surface area contributed by atoms with Gasteiger partial charge < -0.3 is 9.84 Å². The number of ether oxygens (including phenoxy) is 1. The number of aliphatic hydroxyl groups excluding tert-OH is 1.